The molecule has 130 valence electrons. The maximum Gasteiger partial charge on any atom is 0.152 e. The van der Waals surface area contributed by atoms with E-state index in [1.807, 2.05) is 47.2 Å². The Bertz CT molecular complexity index is 1000. The van der Waals surface area contributed by atoms with Crippen molar-refractivity contribution in [1.29, 1.82) is 0 Å². The highest BCUT2D eigenvalue weighted by Crippen LogP contribution is 2.27. The number of rotatable bonds is 5. The summed E-state index contributed by atoms with van der Waals surface area (Å²) >= 11 is 0. The van der Waals surface area contributed by atoms with Gasteiger partial charge in [-0.05, 0) is 47.9 Å². The van der Waals surface area contributed by atoms with Crippen LogP contribution in [0.4, 0.5) is 11.5 Å². The van der Waals surface area contributed by atoms with Crippen molar-refractivity contribution in [3.8, 4) is 22.7 Å². The average molecular weight is 345 g/mol. The molecule has 26 heavy (non-hydrogen) atoms. The number of benzene rings is 2. The first-order valence-corrected chi connectivity index (χ1v) is 8.46. The van der Waals surface area contributed by atoms with Crippen molar-refractivity contribution < 1.29 is 5.11 Å². The number of hydrogen-bond donors (Lipinski definition) is 3. The molecule has 6 nitrogen and oxygen atoms in total. The summed E-state index contributed by atoms with van der Waals surface area (Å²) in [6.07, 6.45) is 6.27. The first-order valence-electron chi connectivity index (χ1n) is 8.46. The van der Waals surface area contributed by atoms with Crippen LogP contribution in [0.1, 0.15) is 12.5 Å². The minimum absolute atomic E-state index is 0.271. The fourth-order valence-electron chi connectivity index (χ4n) is 2.89. The SMILES string of the molecule is CCc1cc(O)ccc1Nc1cc(-c2ccc(-n3ccnc3)cc2)[nH]n1. The molecule has 0 fully saturated rings. The van der Waals surface area contributed by atoms with Crippen LogP contribution in [0.25, 0.3) is 16.9 Å². The maximum absolute atomic E-state index is 9.62. The summed E-state index contributed by atoms with van der Waals surface area (Å²) in [5, 5.41) is 20.3. The third-order valence-corrected chi connectivity index (χ3v) is 4.29. The predicted octanol–water partition coefficient (Wildman–Crippen LogP) is 4.27. The molecule has 0 aliphatic carbocycles. The van der Waals surface area contributed by atoms with Crippen LogP contribution in [0.15, 0.2) is 67.3 Å². The molecule has 0 saturated heterocycles. The molecule has 0 aliphatic heterocycles. The summed E-state index contributed by atoms with van der Waals surface area (Å²) in [5.74, 6) is 1.01. The van der Waals surface area contributed by atoms with Crippen molar-refractivity contribution in [2.24, 2.45) is 0 Å². The smallest absolute Gasteiger partial charge is 0.152 e. The highest BCUT2D eigenvalue weighted by Gasteiger charge is 2.07. The minimum Gasteiger partial charge on any atom is -0.508 e. The number of hydrogen-bond acceptors (Lipinski definition) is 4. The van der Waals surface area contributed by atoms with Crippen molar-refractivity contribution in [2.75, 3.05) is 5.32 Å². The standard InChI is InChI=1S/C20H19N5O/c1-2-14-11-17(26)7-8-18(14)22-20-12-19(23-24-20)15-3-5-16(6-4-15)25-10-9-21-13-25/h3-13,26H,2H2,1H3,(H2,22,23,24). The third-order valence-electron chi connectivity index (χ3n) is 4.29. The van der Waals surface area contributed by atoms with E-state index in [4.69, 9.17) is 0 Å². The molecule has 3 N–H and O–H groups in total. The van der Waals surface area contributed by atoms with E-state index < -0.39 is 0 Å². The number of aromatic nitrogens is 4. The number of aromatic amines is 1. The van der Waals surface area contributed by atoms with Crippen LogP contribution in [0, 0.1) is 0 Å². The number of nitrogens with one attached hydrogen (secondary N) is 2. The Morgan fingerprint density at radius 1 is 1.12 bits per heavy atom. The molecule has 2 aromatic heterocycles. The van der Waals surface area contributed by atoms with E-state index in [2.05, 4.69) is 27.4 Å². The van der Waals surface area contributed by atoms with Crippen LogP contribution in [0.2, 0.25) is 0 Å². The number of H-pyrrole nitrogens is 1. The summed E-state index contributed by atoms with van der Waals surface area (Å²) in [6.45, 7) is 2.05. The van der Waals surface area contributed by atoms with Crippen molar-refractivity contribution in [3.63, 3.8) is 0 Å². The van der Waals surface area contributed by atoms with Crippen molar-refractivity contribution >= 4 is 11.5 Å². The van der Waals surface area contributed by atoms with Gasteiger partial charge in [0.15, 0.2) is 5.82 Å². The van der Waals surface area contributed by atoms with Gasteiger partial charge >= 0.3 is 0 Å². The molecule has 0 bridgehead atoms. The lowest BCUT2D eigenvalue weighted by molar-refractivity contribution is 0.474. The third kappa shape index (κ3) is 3.17. The van der Waals surface area contributed by atoms with Gasteiger partial charge < -0.3 is 15.0 Å². The summed E-state index contributed by atoms with van der Waals surface area (Å²) in [4.78, 5) is 4.06. The quantitative estimate of drug-likeness (QED) is 0.472. The zero-order valence-corrected chi connectivity index (χ0v) is 14.3. The van der Waals surface area contributed by atoms with Gasteiger partial charge in [0.2, 0.25) is 0 Å². The van der Waals surface area contributed by atoms with E-state index in [1.165, 1.54) is 0 Å². The second-order valence-corrected chi connectivity index (χ2v) is 6.00. The first-order chi connectivity index (χ1) is 12.7. The van der Waals surface area contributed by atoms with E-state index in [0.29, 0.717) is 0 Å². The van der Waals surface area contributed by atoms with Crippen LogP contribution in [-0.2, 0) is 6.42 Å². The number of anilines is 2. The fraction of sp³-hybridized carbons (Fsp3) is 0.100. The molecule has 0 amide bonds. The molecule has 0 atom stereocenters. The zero-order valence-electron chi connectivity index (χ0n) is 14.3. The Morgan fingerprint density at radius 2 is 1.96 bits per heavy atom. The second kappa shape index (κ2) is 6.76. The van der Waals surface area contributed by atoms with E-state index in [1.54, 1.807) is 24.7 Å². The Labute approximate surface area is 151 Å². The Balaban J connectivity index is 1.55. The van der Waals surface area contributed by atoms with Crippen molar-refractivity contribution in [1.82, 2.24) is 19.7 Å². The van der Waals surface area contributed by atoms with E-state index in [9.17, 15) is 5.11 Å². The van der Waals surface area contributed by atoms with Crippen LogP contribution < -0.4 is 5.32 Å². The van der Waals surface area contributed by atoms with Crippen LogP contribution in [0.3, 0.4) is 0 Å². The van der Waals surface area contributed by atoms with Gasteiger partial charge in [-0.1, -0.05) is 19.1 Å². The summed E-state index contributed by atoms with van der Waals surface area (Å²) < 4.78 is 1.96. The Morgan fingerprint density at radius 3 is 2.69 bits per heavy atom. The van der Waals surface area contributed by atoms with Gasteiger partial charge in [-0.2, -0.15) is 5.10 Å². The highest BCUT2D eigenvalue weighted by molar-refractivity contribution is 5.68. The maximum atomic E-state index is 9.62. The van der Waals surface area contributed by atoms with Gasteiger partial charge in [-0.15, -0.1) is 0 Å². The number of aromatic hydroxyl groups is 1. The Hall–Kier alpha value is -3.54. The lowest BCUT2D eigenvalue weighted by Crippen LogP contribution is -1.95. The normalized spacial score (nSPS) is 10.8. The molecule has 0 radical (unpaired) electrons. The molecule has 0 aliphatic rings. The molecule has 0 spiro atoms. The fourth-order valence-corrected chi connectivity index (χ4v) is 2.89. The number of phenolic OH excluding ortho intramolecular Hbond substituents is 1. The number of aryl methyl sites for hydroxylation is 1. The van der Waals surface area contributed by atoms with Crippen molar-refractivity contribution in [2.45, 2.75) is 13.3 Å². The lowest BCUT2D eigenvalue weighted by Gasteiger charge is -2.08. The molecular weight excluding hydrogens is 326 g/mol. The van der Waals surface area contributed by atoms with E-state index in [-0.39, 0.29) is 5.75 Å². The van der Waals surface area contributed by atoms with Gasteiger partial charge in [0, 0.05) is 29.8 Å². The van der Waals surface area contributed by atoms with Gasteiger partial charge in [-0.25, -0.2) is 4.98 Å². The molecule has 4 aromatic rings. The van der Waals surface area contributed by atoms with E-state index >= 15 is 0 Å². The molecule has 2 heterocycles. The Kier molecular flexibility index (Phi) is 4.15. The van der Waals surface area contributed by atoms with Crippen LogP contribution >= 0.6 is 0 Å². The molecule has 4 rings (SSSR count). The van der Waals surface area contributed by atoms with Crippen molar-refractivity contribution in [3.05, 3.63) is 72.8 Å². The lowest BCUT2D eigenvalue weighted by atomic mass is 10.1. The second-order valence-electron chi connectivity index (χ2n) is 6.00. The molecule has 0 unspecified atom stereocenters. The molecule has 0 saturated carbocycles. The van der Waals surface area contributed by atoms with E-state index in [0.717, 1.165) is 40.4 Å². The molecule has 2 aromatic carbocycles. The summed E-state index contributed by atoms with van der Waals surface area (Å²) in [6, 6.07) is 15.4. The summed E-state index contributed by atoms with van der Waals surface area (Å²) in [7, 11) is 0. The zero-order chi connectivity index (χ0) is 17.9. The predicted molar refractivity (Wildman–Crippen MR) is 102 cm³/mol. The summed E-state index contributed by atoms with van der Waals surface area (Å²) in [5.41, 5.74) is 5.02. The topological polar surface area (TPSA) is 78.8 Å². The highest BCUT2D eigenvalue weighted by atomic mass is 16.3. The molecule has 6 heteroatoms. The number of imidazole rings is 1. The molecular formula is C20H19N5O. The number of nitrogens with zero attached hydrogens (tertiary/aromatic N) is 3. The van der Waals surface area contributed by atoms with Gasteiger partial charge in [0.1, 0.15) is 5.75 Å². The van der Waals surface area contributed by atoms with Crippen LogP contribution in [0.5, 0.6) is 5.75 Å². The minimum atomic E-state index is 0.271. The van der Waals surface area contributed by atoms with Gasteiger partial charge in [0.25, 0.3) is 0 Å². The first kappa shape index (κ1) is 16.0. The number of phenols is 1. The monoisotopic (exact) mass is 345 g/mol. The van der Waals surface area contributed by atoms with Crippen LogP contribution in [-0.4, -0.2) is 24.9 Å². The van der Waals surface area contributed by atoms with Gasteiger partial charge in [-0.3, -0.25) is 5.10 Å². The average Bonchev–Trinajstić information content (AvgIpc) is 3.35. The van der Waals surface area contributed by atoms with Gasteiger partial charge in [0.05, 0.1) is 12.0 Å². The largest absolute Gasteiger partial charge is 0.508 e.